The van der Waals surface area contributed by atoms with Crippen LogP contribution in [0, 0.1) is 0 Å². The monoisotopic (exact) mass is 177 g/mol. The molecule has 0 spiro atoms. The SMILES string of the molecule is Nc1cccc2c(C=O)csc12. The van der Waals surface area contributed by atoms with Gasteiger partial charge in [-0.2, -0.15) is 0 Å². The molecule has 0 atom stereocenters. The Balaban J connectivity index is 2.88. The van der Waals surface area contributed by atoms with Gasteiger partial charge in [-0.3, -0.25) is 4.79 Å². The van der Waals surface area contributed by atoms with Crippen molar-refractivity contribution in [3.63, 3.8) is 0 Å². The van der Waals surface area contributed by atoms with Crippen LogP contribution in [0.15, 0.2) is 23.6 Å². The molecule has 1 aromatic carbocycles. The second-order valence-electron chi connectivity index (χ2n) is 2.53. The fourth-order valence-electron chi connectivity index (χ4n) is 1.19. The number of carbonyl (C=O) groups excluding carboxylic acids is 1. The van der Waals surface area contributed by atoms with Gasteiger partial charge in [0, 0.05) is 22.0 Å². The number of hydrogen-bond acceptors (Lipinski definition) is 3. The Morgan fingerprint density at radius 3 is 3.00 bits per heavy atom. The van der Waals surface area contributed by atoms with Crippen LogP contribution in [0.3, 0.4) is 0 Å². The number of anilines is 1. The predicted octanol–water partition coefficient (Wildman–Crippen LogP) is 2.30. The highest BCUT2D eigenvalue weighted by molar-refractivity contribution is 7.18. The van der Waals surface area contributed by atoms with Gasteiger partial charge in [0.2, 0.25) is 0 Å². The number of nitrogen functional groups attached to an aromatic ring is 1. The Bertz CT molecular complexity index is 433. The van der Waals surface area contributed by atoms with E-state index in [1.165, 1.54) is 11.3 Å². The molecule has 2 N–H and O–H groups in total. The van der Waals surface area contributed by atoms with Gasteiger partial charge in [-0.25, -0.2) is 0 Å². The second-order valence-corrected chi connectivity index (χ2v) is 3.41. The van der Waals surface area contributed by atoms with E-state index in [0.29, 0.717) is 0 Å². The highest BCUT2D eigenvalue weighted by Gasteiger charge is 2.03. The summed E-state index contributed by atoms with van der Waals surface area (Å²) in [5.41, 5.74) is 7.18. The van der Waals surface area contributed by atoms with Crippen LogP contribution in [0.4, 0.5) is 5.69 Å². The van der Waals surface area contributed by atoms with Gasteiger partial charge in [0.25, 0.3) is 0 Å². The van der Waals surface area contributed by atoms with E-state index in [1.807, 2.05) is 23.6 Å². The molecule has 2 rings (SSSR count). The number of hydrogen-bond donors (Lipinski definition) is 1. The Morgan fingerprint density at radius 1 is 1.42 bits per heavy atom. The Labute approximate surface area is 73.6 Å². The zero-order valence-corrected chi connectivity index (χ0v) is 7.10. The summed E-state index contributed by atoms with van der Waals surface area (Å²) in [6.07, 6.45) is 0.859. The molecular formula is C9H7NOS. The molecule has 0 aliphatic rings. The van der Waals surface area contributed by atoms with Crippen molar-refractivity contribution in [2.45, 2.75) is 0 Å². The summed E-state index contributed by atoms with van der Waals surface area (Å²) in [5, 5.41) is 2.78. The van der Waals surface area contributed by atoms with Crippen LogP contribution in [0.1, 0.15) is 10.4 Å². The first kappa shape index (κ1) is 7.31. The lowest BCUT2D eigenvalue weighted by Gasteiger charge is -1.93. The number of thiophene rings is 1. The van der Waals surface area contributed by atoms with E-state index in [4.69, 9.17) is 5.73 Å². The number of aldehydes is 1. The van der Waals surface area contributed by atoms with Crippen LogP contribution >= 0.6 is 11.3 Å². The highest BCUT2D eigenvalue weighted by atomic mass is 32.1. The molecule has 2 aromatic rings. The Morgan fingerprint density at radius 2 is 2.25 bits per heavy atom. The zero-order valence-electron chi connectivity index (χ0n) is 6.28. The number of rotatable bonds is 1. The molecule has 0 aliphatic heterocycles. The molecule has 0 amide bonds. The topological polar surface area (TPSA) is 43.1 Å². The minimum atomic E-state index is 0.724. The molecule has 2 nitrogen and oxygen atoms in total. The van der Waals surface area contributed by atoms with Crippen molar-refractivity contribution in [1.82, 2.24) is 0 Å². The summed E-state index contributed by atoms with van der Waals surface area (Å²) in [7, 11) is 0. The first-order valence-electron chi connectivity index (χ1n) is 3.54. The van der Waals surface area contributed by atoms with E-state index in [9.17, 15) is 4.79 Å². The summed E-state index contributed by atoms with van der Waals surface area (Å²) < 4.78 is 1.000. The number of benzene rings is 1. The maximum Gasteiger partial charge on any atom is 0.151 e. The molecule has 60 valence electrons. The molecule has 3 heteroatoms. The molecule has 0 saturated heterocycles. The lowest BCUT2D eigenvalue weighted by molar-refractivity contribution is 0.112. The highest BCUT2D eigenvalue weighted by Crippen LogP contribution is 2.29. The smallest absolute Gasteiger partial charge is 0.151 e. The Hall–Kier alpha value is -1.35. The summed E-state index contributed by atoms with van der Waals surface area (Å²) in [4.78, 5) is 10.6. The van der Waals surface area contributed by atoms with E-state index in [0.717, 1.165) is 27.6 Å². The normalized spacial score (nSPS) is 10.3. The minimum absolute atomic E-state index is 0.724. The van der Waals surface area contributed by atoms with Crippen molar-refractivity contribution in [3.8, 4) is 0 Å². The van der Waals surface area contributed by atoms with Crippen molar-refractivity contribution in [2.24, 2.45) is 0 Å². The quantitative estimate of drug-likeness (QED) is 0.536. The summed E-state index contributed by atoms with van der Waals surface area (Å²) in [6.45, 7) is 0. The van der Waals surface area contributed by atoms with Crippen LogP contribution in [0.2, 0.25) is 0 Å². The summed E-state index contributed by atoms with van der Waals surface area (Å²) >= 11 is 1.51. The third-order valence-electron chi connectivity index (χ3n) is 1.79. The van der Waals surface area contributed by atoms with Crippen LogP contribution in [-0.4, -0.2) is 6.29 Å². The third-order valence-corrected chi connectivity index (χ3v) is 2.85. The van der Waals surface area contributed by atoms with Crippen LogP contribution < -0.4 is 5.73 Å². The second kappa shape index (κ2) is 2.60. The van der Waals surface area contributed by atoms with Gasteiger partial charge in [-0.1, -0.05) is 12.1 Å². The lowest BCUT2D eigenvalue weighted by atomic mass is 10.2. The number of fused-ring (bicyclic) bond motifs is 1. The van der Waals surface area contributed by atoms with E-state index < -0.39 is 0 Å². The van der Waals surface area contributed by atoms with Gasteiger partial charge < -0.3 is 5.73 Å². The number of carbonyl (C=O) groups is 1. The van der Waals surface area contributed by atoms with Crippen molar-refractivity contribution >= 4 is 33.4 Å². The van der Waals surface area contributed by atoms with Gasteiger partial charge in [-0.15, -0.1) is 11.3 Å². The van der Waals surface area contributed by atoms with E-state index in [1.54, 1.807) is 0 Å². The molecule has 1 heterocycles. The van der Waals surface area contributed by atoms with E-state index in [2.05, 4.69) is 0 Å². The van der Waals surface area contributed by atoms with Crippen LogP contribution in [0.5, 0.6) is 0 Å². The molecule has 0 bridgehead atoms. The molecule has 0 unspecified atom stereocenters. The number of nitrogens with two attached hydrogens (primary N) is 1. The van der Waals surface area contributed by atoms with Crippen LogP contribution in [0.25, 0.3) is 10.1 Å². The fourth-order valence-corrected chi connectivity index (χ4v) is 2.14. The summed E-state index contributed by atoms with van der Waals surface area (Å²) in [5.74, 6) is 0. The van der Waals surface area contributed by atoms with Gasteiger partial charge >= 0.3 is 0 Å². The van der Waals surface area contributed by atoms with Crippen molar-refractivity contribution in [2.75, 3.05) is 5.73 Å². The first-order chi connectivity index (χ1) is 5.83. The molecular weight excluding hydrogens is 170 g/mol. The standard InChI is InChI=1S/C9H7NOS/c10-8-3-1-2-7-6(4-11)5-12-9(7)8/h1-5H,10H2. The molecule has 0 aliphatic carbocycles. The average molecular weight is 177 g/mol. The average Bonchev–Trinajstić information content (AvgIpc) is 2.49. The Kier molecular flexibility index (Phi) is 1.59. The third kappa shape index (κ3) is 0.905. The molecule has 0 saturated carbocycles. The van der Waals surface area contributed by atoms with E-state index in [-0.39, 0.29) is 0 Å². The minimum Gasteiger partial charge on any atom is -0.398 e. The molecule has 12 heavy (non-hydrogen) atoms. The van der Waals surface area contributed by atoms with Gasteiger partial charge in [0.1, 0.15) is 0 Å². The molecule has 0 fully saturated rings. The maximum atomic E-state index is 10.6. The predicted molar refractivity (Wildman–Crippen MR) is 51.6 cm³/mol. The summed E-state index contributed by atoms with van der Waals surface area (Å²) in [6, 6.07) is 5.61. The van der Waals surface area contributed by atoms with Gasteiger partial charge in [0.15, 0.2) is 6.29 Å². The lowest BCUT2D eigenvalue weighted by Crippen LogP contribution is -1.83. The maximum absolute atomic E-state index is 10.6. The van der Waals surface area contributed by atoms with Gasteiger partial charge in [0.05, 0.1) is 4.70 Å². The van der Waals surface area contributed by atoms with Crippen molar-refractivity contribution in [1.29, 1.82) is 0 Å². The van der Waals surface area contributed by atoms with Crippen LogP contribution in [-0.2, 0) is 0 Å². The van der Waals surface area contributed by atoms with E-state index >= 15 is 0 Å². The molecule has 1 aromatic heterocycles. The van der Waals surface area contributed by atoms with Gasteiger partial charge in [-0.05, 0) is 6.07 Å². The fraction of sp³-hybridized carbons (Fsp3) is 0. The van der Waals surface area contributed by atoms with Crippen molar-refractivity contribution < 1.29 is 4.79 Å². The molecule has 0 radical (unpaired) electrons. The zero-order chi connectivity index (χ0) is 8.55. The first-order valence-corrected chi connectivity index (χ1v) is 4.42. The van der Waals surface area contributed by atoms with Crippen molar-refractivity contribution in [3.05, 3.63) is 29.1 Å². The largest absolute Gasteiger partial charge is 0.398 e.